The number of methoxy groups -OCH3 is 4. The van der Waals surface area contributed by atoms with E-state index in [0.29, 0.717) is 28.7 Å². The van der Waals surface area contributed by atoms with Gasteiger partial charge in [0.2, 0.25) is 0 Å². The lowest BCUT2D eigenvalue weighted by Gasteiger charge is -2.09. The molecule has 1 heterocycles. The molecular weight excluding hydrogens is 322 g/mol. The first-order valence-corrected chi connectivity index (χ1v) is 7.56. The van der Waals surface area contributed by atoms with Gasteiger partial charge in [0.25, 0.3) is 0 Å². The topological polar surface area (TPSA) is 67.6 Å². The second kappa shape index (κ2) is 7.12. The molecular formula is C18H19N3O4. The van der Waals surface area contributed by atoms with E-state index in [2.05, 4.69) is 10.3 Å². The molecule has 1 aromatic heterocycles. The van der Waals surface area contributed by atoms with E-state index in [4.69, 9.17) is 18.9 Å². The molecule has 2 aromatic carbocycles. The number of benzene rings is 2. The molecule has 0 fully saturated rings. The summed E-state index contributed by atoms with van der Waals surface area (Å²) < 4.78 is 22.9. The smallest absolute Gasteiger partial charge is 0.162 e. The molecule has 0 spiro atoms. The maximum atomic E-state index is 5.33. The third-order valence-electron chi connectivity index (χ3n) is 3.77. The number of aromatic nitrogens is 3. The Hall–Kier alpha value is -3.22. The SMILES string of the molecule is COc1cc(OC)cc(-c2cn(-c3ccc(OC)c(OC)c3)nn2)c1. The van der Waals surface area contributed by atoms with Crippen LogP contribution in [0.1, 0.15) is 0 Å². The summed E-state index contributed by atoms with van der Waals surface area (Å²) in [6, 6.07) is 11.1. The van der Waals surface area contributed by atoms with Gasteiger partial charge in [-0.2, -0.15) is 0 Å². The molecule has 0 aliphatic heterocycles. The predicted molar refractivity (Wildman–Crippen MR) is 93.0 cm³/mol. The lowest BCUT2D eigenvalue weighted by molar-refractivity contribution is 0.354. The van der Waals surface area contributed by atoms with E-state index < -0.39 is 0 Å². The Kier molecular flexibility index (Phi) is 4.74. The summed E-state index contributed by atoms with van der Waals surface area (Å²) in [6.07, 6.45) is 1.83. The molecule has 0 atom stereocenters. The Morgan fingerprint density at radius 2 is 1.44 bits per heavy atom. The minimum atomic E-state index is 0.625. The zero-order chi connectivity index (χ0) is 17.8. The van der Waals surface area contributed by atoms with E-state index >= 15 is 0 Å². The van der Waals surface area contributed by atoms with Crippen LogP contribution >= 0.6 is 0 Å². The highest BCUT2D eigenvalue weighted by Crippen LogP contribution is 2.31. The van der Waals surface area contributed by atoms with Gasteiger partial charge in [0.15, 0.2) is 11.5 Å². The highest BCUT2D eigenvalue weighted by Gasteiger charge is 2.11. The van der Waals surface area contributed by atoms with Crippen LogP contribution in [-0.4, -0.2) is 43.4 Å². The first-order valence-electron chi connectivity index (χ1n) is 7.56. The maximum Gasteiger partial charge on any atom is 0.162 e. The fraction of sp³-hybridized carbons (Fsp3) is 0.222. The van der Waals surface area contributed by atoms with Gasteiger partial charge in [-0.1, -0.05) is 5.21 Å². The molecule has 0 aliphatic rings. The molecule has 0 bridgehead atoms. The summed E-state index contributed by atoms with van der Waals surface area (Å²) in [5, 5.41) is 8.43. The summed E-state index contributed by atoms with van der Waals surface area (Å²) in [7, 11) is 6.41. The third kappa shape index (κ3) is 3.35. The monoisotopic (exact) mass is 341 g/mol. The van der Waals surface area contributed by atoms with E-state index in [1.165, 1.54) is 0 Å². The summed E-state index contributed by atoms with van der Waals surface area (Å²) in [5.41, 5.74) is 2.36. The van der Waals surface area contributed by atoms with Crippen LogP contribution < -0.4 is 18.9 Å². The van der Waals surface area contributed by atoms with E-state index in [1.54, 1.807) is 33.1 Å². The molecule has 7 heteroatoms. The molecule has 7 nitrogen and oxygen atoms in total. The molecule has 0 unspecified atom stereocenters. The highest BCUT2D eigenvalue weighted by molar-refractivity contribution is 5.63. The zero-order valence-electron chi connectivity index (χ0n) is 14.5. The summed E-state index contributed by atoms with van der Waals surface area (Å²) >= 11 is 0. The second-order valence-corrected chi connectivity index (χ2v) is 5.19. The van der Waals surface area contributed by atoms with Crippen LogP contribution in [-0.2, 0) is 0 Å². The third-order valence-corrected chi connectivity index (χ3v) is 3.77. The van der Waals surface area contributed by atoms with Gasteiger partial charge < -0.3 is 18.9 Å². The van der Waals surface area contributed by atoms with Crippen molar-refractivity contribution in [1.29, 1.82) is 0 Å². The Morgan fingerprint density at radius 1 is 0.760 bits per heavy atom. The zero-order valence-corrected chi connectivity index (χ0v) is 14.5. The minimum absolute atomic E-state index is 0.625. The Balaban J connectivity index is 1.98. The van der Waals surface area contributed by atoms with Crippen LogP contribution in [0.4, 0.5) is 0 Å². The fourth-order valence-corrected chi connectivity index (χ4v) is 2.45. The van der Waals surface area contributed by atoms with Gasteiger partial charge in [0, 0.05) is 17.7 Å². The number of hydrogen-bond acceptors (Lipinski definition) is 6. The molecule has 25 heavy (non-hydrogen) atoms. The van der Waals surface area contributed by atoms with Crippen LogP contribution in [0.5, 0.6) is 23.0 Å². The Bertz CT molecular complexity index is 854. The van der Waals surface area contributed by atoms with Gasteiger partial charge >= 0.3 is 0 Å². The van der Waals surface area contributed by atoms with Crippen molar-refractivity contribution < 1.29 is 18.9 Å². The van der Waals surface area contributed by atoms with E-state index in [1.807, 2.05) is 42.6 Å². The lowest BCUT2D eigenvalue weighted by atomic mass is 10.1. The van der Waals surface area contributed by atoms with Crippen molar-refractivity contribution in [2.24, 2.45) is 0 Å². The normalized spacial score (nSPS) is 10.4. The van der Waals surface area contributed by atoms with Crippen molar-refractivity contribution in [3.05, 3.63) is 42.6 Å². The van der Waals surface area contributed by atoms with Gasteiger partial charge in [-0.15, -0.1) is 5.10 Å². The largest absolute Gasteiger partial charge is 0.497 e. The standard InChI is InChI=1S/C18H19N3O4/c1-22-14-7-12(8-15(10-14)23-2)16-11-21(20-19-16)13-5-6-17(24-3)18(9-13)25-4/h5-11H,1-4H3. The first-order chi connectivity index (χ1) is 12.2. The molecule has 0 radical (unpaired) electrons. The molecule has 130 valence electrons. The van der Waals surface area contributed by atoms with Gasteiger partial charge in [-0.05, 0) is 24.3 Å². The Labute approximate surface area is 145 Å². The van der Waals surface area contributed by atoms with Crippen molar-refractivity contribution in [3.8, 4) is 39.9 Å². The molecule has 3 aromatic rings. The van der Waals surface area contributed by atoms with E-state index in [9.17, 15) is 0 Å². The van der Waals surface area contributed by atoms with Crippen molar-refractivity contribution >= 4 is 0 Å². The molecule has 0 aliphatic carbocycles. The van der Waals surface area contributed by atoms with Crippen LogP contribution in [0.3, 0.4) is 0 Å². The van der Waals surface area contributed by atoms with Gasteiger partial charge in [-0.3, -0.25) is 0 Å². The lowest BCUT2D eigenvalue weighted by Crippen LogP contribution is -1.97. The minimum Gasteiger partial charge on any atom is -0.497 e. The molecule has 0 N–H and O–H groups in total. The van der Waals surface area contributed by atoms with Crippen molar-refractivity contribution in [3.63, 3.8) is 0 Å². The molecule has 0 amide bonds. The average molecular weight is 341 g/mol. The number of ether oxygens (including phenoxy) is 4. The maximum absolute atomic E-state index is 5.33. The summed E-state index contributed by atoms with van der Waals surface area (Å²) in [6.45, 7) is 0. The fourth-order valence-electron chi connectivity index (χ4n) is 2.45. The van der Waals surface area contributed by atoms with Crippen LogP contribution in [0.25, 0.3) is 16.9 Å². The van der Waals surface area contributed by atoms with Gasteiger partial charge in [-0.25, -0.2) is 4.68 Å². The molecule has 3 rings (SSSR count). The van der Waals surface area contributed by atoms with Crippen molar-refractivity contribution in [2.45, 2.75) is 0 Å². The summed E-state index contributed by atoms with van der Waals surface area (Å²) in [5.74, 6) is 2.66. The van der Waals surface area contributed by atoms with Gasteiger partial charge in [0.05, 0.1) is 40.3 Å². The second-order valence-electron chi connectivity index (χ2n) is 5.19. The van der Waals surface area contributed by atoms with Crippen LogP contribution in [0.2, 0.25) is 0 Å². The van der Waals surface area contributed by atoms with Crippen molar-refractivity contribution in [2.75, 3.05) is 28.4 Å². The number of hydrogen-bond donors (Lipinski definition) is 0. The van der Waals surface area contributed by atoms with E-state index in [0.717, 1.165) is 11.3 Å². The molecule has 0 saturated heterocycles. The number of rotatable bonds is 6. The summed E-state index contributed by atoms with van der Waals surface area (Å²) in [4.78, 5) is 0. The van der Waals surface area contributed by atoms with Crippen LogP contribution in [0, 0.1) is 0 Å². The number of nitrogens with zero attached hydrogens (tertiary/aromatic N) is 3. The van der Waals surface area contributed by atoms with Gasteiger partial charge in [0.1, 0.15) is 17.2 Å². The molecule has 0 saturated carbocycles. The predicted octanol–water partition coefficient (Wildman–Crippen LogP) is 2.97. The average Bonchev–Trinajstić information content (AvgIpc) is 3.17. The first kappa shape index (κ1) is 16.6. The van der Waals surface area contributed by atoms with Crippen LogP contribution in [0.15, 0.2) is 42.6 Å². The van der Waals surface area contributed by atoms with Crippen molar-refractivity contribution in [1.82, 2.24) is 15.0 Å². The van der Waals surface area contributed by atoms with E-state index in [-0.39, 0.29) is 0 Å². The highest BCUT2D eigenvalue weighted by atomic mass is 16.5. The quantitative estimate of drug-likeness (QED) is 0.687. The Morgan fingerprint density at radius 3 is 2.04 bits per heavy atom.